The third-order valence-electron chi connectivity index (χ3n) is 2.05. The molecule has 1 N–H and O–H groups in total. The Morgan fingerprint density at radius 2 is 2.00 bits per heavy atom. The van der Waals surface area contributed by atoms with E-state index in [4.69, 9.17) is 9.47 Å². The molecular formula is C13H16FNO4. The van der Waals surface area contributed by atoms with E-state index in [-0.39, 0.29) is 17.0 Å². The lowest BCUT2D eigenvalue weighted by atomic mass is 10.2. The van der Waals surface area contributed by atoms with Crippen molar-refractivity contribution in [3.8, 4) is 5.75 Å². The Balaban J connectivity index is 2.94. The summed E-state index contributed by atoms with van der Waals surface area (Å²) >= 11 is 0. The maximum Gasteiger partial charge on any atom is 0.412 e. The first kappa shape index (κ1) is 14.9. The van der Waals surface area contributed by atoms with Crippen LogP contribution in [0.2, 0.25) is 0 Å². The molecule has 104 valence electrons. The van der Waals surface area contributed by atoms with Gasteiger partial charge in [-0.1, -0.05) is 0 Å². The summed E-state index contributed by atoms with van der Waals surface area (Å²) < 4.78 is 23.4. The zero-order chi connectivity index (χ0) is 14.6. The number of nitrogens with one attached hydrogen (secondary N) is 1. The molecular weight excluding hydrogens is 253 g/mol. The zero-order valence-electron chi connectivity index (χ0n) is 11.2. The lowest BCUT2D eigenvalue weighted by Crippen LogP contribution is -2.27. The summed E-state index contributed by atoms with van der Waals surface area (Å²) in [6.07, 6.45) is -0.281. The van der Waals surface area contributed by atoms with E-state index in [0.717, 1.165) is 6.07 Å². The molecule has 0 bridgehead atoms. The second kappa shape index (κ2) is 5.69. The molecule has 0 aliphatic carbocycles. The zero-order valence-corrected chi connectivity index (χ0v) is 11.2. The fraction of sp³-hybridized carbons (Fsp3) is 0.385. The fourth-order valence-electron chi connectivity index (χ4n) is 1.41. The van der Waals surface area contributed by atoms with E-state index in [0.29, 0.717) is 6.29 Å². The number of aldehydes is 1. The lowest BCUT2D eigenvalue weighted by molar-refractivity contribution is 0.0635. The van der Waals surface area contributed by atoms with Crippen LogP contribution in [-0.4, -0.2) is 25.1 Å². The Hall–Kier alpha value is -2.11. The van der Waals surface area contributed by atoms with Crippen LogP contribution in [-0.2, 0) is 4.74 Å². The molecule has 0 heterocycles. The van der Waals surface area contributed by atoms with Crippen LogP contribution in [0.15, 0.2) is 12.1 Å². The van der Waals surface area contributed by atoms with Crippen LogP contribution in [0.25, 0.3) is 0 Å². The molecule has 19 heavy (non-hydrogen) atoms. The number of rotatable bonds is 3. The number of carbonyl (C=O) groups is 2. The highest BCUT2D eigenvalue weighted by Gasteiger charge is 2.18. The summed E-state index contributed by atoms with van der Waals surface area (Å²) in [6.45, 7) is 5.12. The van der Waals surface area contributed by atoms with Crippen LogP contribution in [0, 0.1) is 5.82 Å². The third kappa shape index (κ3) is 4.24. The molecule has 0 saturated heterocycles. The number of carbonyl (C=O) groups excluding carboxylic acids is 2. The molecule has 0 unspecified atom stereocenters. The molecule has 6 heteroatoms. The van der Waals surface area contributed by atoms with Crippen molar-refractivity contribution in [1.82, 2.24) is 0 Å². The first-order chi connectivity index (χ1) is 8.76. The average Bonchev–Trinajstić information content (AvgIpc) is 2.25. The Morgan fingerprint density at radius 1 is 1.37 bits per heavy atom. The average molecular weight is 269 g/mol. The van der Waals surface area contributed by atoms with E-state index in [9.17, 15) is 14.0 Å². The second-order valence-electron chi connectivity index (χ2n) is 4.83. The van der Waals surface area contributed by atoms with Gasteiger partial charge in [-0.05, 0) is 26.8 Å². The maximum absolute atomic E-state index is 13.6. The van der Waals surface area contributed by atoms with E-state index in [1.807, 2.05) is 0 Å². The van der Waals surface area contributed by atoms with Crippen LogP contribution >= 0.6 is 0 Å². The van der Waals surface area contributed by atoms with Crippen LogP contribution in [0.1, 0.15) is 31.1 Å². The van der Waals surface area contributed by atoms with Crippen molar-refractivity contribution >= 4 is 18.1 Å². The van der Waals surface area contributed by atoms with Crippen molar-refractivity contribution in [2.45, 2.75) is 26.4 Å². The van der Waals surface area contributed by atoms with Crippen molar-refractivity contribution in [1.29, 1.82) is 0 Å². The summed E-state index contributed by atoms with van der Waals surface area (Å²) in [4.78, 5) is 22.3. The molecule has 0 aliphatic rings. The molecule has 1 aromatic rings. The molecule has 0 atom stereocenters. The highest BCUT2D eigenvalue weighted by molar-refractivity contribution is 5.88. The summed E-state index contributed by atoms with van der Waals surface area (Å²) in [7, 11) is 1.26. The van der Waals surface area contributed by atoms with Gasteiger partial charge in [-0.15, -0.1) is 0 Å². The molecule has 0 fully saturated rings. The number of benzene rings is 1. The van der Waals surface area contributed by atoms with Gasteiger partial charge >= 0.3 is 6.09 Å². The third-order valence-corrected chi connectivity index (χ3v) is 2.05. The molecule has 0 spiro atoms. The summed E-state index contributed by atoms with van der Waals surface area (Å²) in [5.74, 6) is -0.900. The van der Waals surface area contributed by atoms with Gasteiger partial charge in [-0.2, -0.15) is 0 Å². The SMILES string of the molecule is COc1c(F)cc(NC(=O)OC(C)(C)C)cc1C=O. The summed E-state index contributed by atoms with van der Waals surface area (Å²) in [5.41, 5.74) is -0.536. The fourth-order valence-corrected chi connectivity index (χ4v) is 1.41. The predicted molar refractivity (Wildman–Crippen MR) is 68.2 cm³/mol. The molecule has 5 nitrogen and oxygen atoms in total. The number of ether oxygens (including phenoxy) is 2. The van der Waals surface area contributed by atoms with Gasteiger partial charge in [-0.25, -0.2) is 9.18 Å². The van der Waals surface area contributed by atoms with Crippen molar-refractivity contribution < 1.29 is 23.5 Å². The smallest absolute Gasteiger partial charge is 0.412 e. The second-order valence-corrected chi connectivity index (χ2v) is 4.83. The quantitative estimate of drug-likeness (QED) is 0.857. The van der Waals surface area contributed by atoms with Gasteiger partial charge in [0.25, 0.3) is 0 Å². The topological polar surface area (TPSA) is 64.6 Å². The first-order valence-corrected chi connectivity index (χ1v) is 5.59. The predicted octanol–water partition coefficient (Wildman–Crippen LogP) is 2.99. The van der Waals surface area contributed by atoms with Crippen LogP contribution in [0.5, 0.6) is 5.75 Å². The van der Waals surface area contributed by atoms with Crippen molar-refractivity contribution in [2.24, 2.45) is 0 Å². The minimum atomic E-state index is -0.738. The highest BCUT2D eigenvalue weighted by Crippen LogP contribution is 2.25. The van der Waals surface area contributed by atoms with Crippen LogP contribution in [0.4, 0.5) is 14.9 Å². The molecule has 1 amide bonds. The summed E-state index contributed by atoms with van der Waals surface area (Å²) in [5, 5.41) is 2.35. The van der Waals surface area contributed by atoms with Crippen molar-refractivity contribution in [2.75, 3.05) is 12.4 Å². The Bertz CT molecular complexity index is 494. The van der Waals surface area contributed by atoms with Gasteiger partial charge in [0.05, 0.1) is 12.7 Å². The van der Waals surface area contributed by atoms with Gasteiger partial charge in [0.1, 0.15) is 5.60 Å². The van der Waals surface area contributed by atoms with E-state index >= 15 is 0 Å². The van der Waals surface area contributed by atoms with Gasteiger partial charge in [-0.3, -0.25) is 10.1 Å². The van der Waals surface area contributed by atoms with Crippen molar-refractivity contribution in [3.63, 3.8) is 0 Å². The monoisotopic (exact) mass is 269 g/mol. The Labute approximate surface area is 110 Å². The van der Waals surface area contributed by atoms with Gasteiger partial charge in [0, 0.05) is 11.8 Å². The number of anilines is 1. The van der Waals surface area contributed by atoms with Gasteiger partial charge in [0.15, 0.2) is 17.9 Å². The number of hydrogen-bond donors (Lipinski definition) is 1. The minimum Gasteiger partial charge on any atom is -0.493 e. The van der Waals surface area contributed by atoms with E-state index in [2.05, 4.69) is 5.32 Å². The summed E-state index contributed by atoms with van der Waals surface area (Å²) in [6, 6.07) is 2.36. The first-order valence-electron chi connectivity index (χ1n) is 5.59. The van der Waals surface area contributed by atoms with Crippen molar-refractivity contribution in [3.05, 3.63) is 23.5 Å². The molecule has 0 aromatic heterocycles. The lowest BCUT2D eigenvalue weighted by Gasteiger charge is -2.20. The molecule has 1 aromatic carbocycles. The largest absolute Gasteiger partial charge is 0.493 e. The number of amides is 1. The van der Waals surface area contributed by atoms with Gasteiger partial charge in [0.2, 0.25) is 0 Å². The van der Waals surface area contributed by atoms with E-state index in [1.54, 1.807) is 20.8 Å². The van der Waals surface area contributed by atoms with Crippen LogP contribution in [0.3, 0.4) is 0 Å². The van der Waals surface area contributed by atoms with Gasteiger partial charge < -0.3 is 9.47 Å². The normalized spacial score (nSPS) is 10.8. The Morgan fingerprint density at radius 3 is 2.47 bits per heavy atom. The van der Waals surface area contributed by atoms with E-state index in [1.165, 1.54) is 13.2 Å². The highest BCUT2D eigenvalue weighted by atomic mass is 19.1. The number of methoxy groups -OCH3 is 1. The number of halogens is 1. The number of hydrogen-bond acceptors (Lipinski definition) is 4. The molecule has 0 aliphatic heterocycles. The molecule has 1 rings (SSSR count). The van der Waals surface area contributed by atoms with Crippen LogP contribution < -0.4 is 10.1 Å². The minimum absolute atomic E-state index is 0.00792. The molecule has 0 saturated carbocycles. The van der Waals surface area contributed by atoms with E-state index < -0.39 is 17.5 Å². The Kier molecular flexibility index (Phi) is 4.47. The maximum atomic E-state index is 13.6. The standard InChI is InChI=1S/C13H16FNO4/c1-13(2,3)19-12(17)15-9-5-8(7-16)11(18-4)10(14)6-9/h5-7H,1-4H3,(H,15,17). The molecule has 0 radical (unpaired) electrons.